The molecular weight excluding hydrogens is 294 g/mol. The zero-order valence-electron chi connectivity index (χ0n) is 13.8. The fraction of sp³-hybridized carbons (Fsp3) is 0.471. The maximum atomic E-state index is 12.7. The molecule has 6 heteroatoms. The van der Waals surface area contributed by atoms with E-state index < -0.39 is 0 Å². The van der Waals surface area contributed by atoms with Crippen LogP contribution in [0.2, 0.25) is 0 Å². The molecule has 0 fully saturated rings. The number of hydrogen-bond acceptors (Lipinski definition) is 4. The number of hydrogen-bond donors (Lipinski definition) is 0. The number of aromatic nitrogens is 2. The van der Waals surface area contributed by atoms with Crippen molar-refractivity contribution >= 4 is 5.91 Å². The Morgan fingerprint density at radius 2 is 2.09 bits per heavy atom. The highest BCUT2D eigenvalue weighted by molar-refractivity contribution is 5.92. The fourth-order valence-corrected chi connectivity index (χ4v) is 3.04. The average molecular weight is 315 g/mol. The molecule has 0 aliphatic heterocycles. The van der Waals surface area contributed by atoms with E-state index in [1.54, 1.807) is 23.6 Å². The Morgan fingerprint density at radius 1 is 1.35 bits per heavy atom. The van der Waals surface area contributed by atoms with Gasteiger partial charge >= 0.3 is 0 Å². The summed E-state index contributed by atoms with van der Waals surface area (Å²) < 4.78 is 7.13. The topological polar surface area (TPSA) is 68.3 Å². The van der Waals surface area contributed by atoms with Gasteiger partial charge in [-0.25, -0.2) is 0 Å². The number of pyridine rings is 1. The first-order chi connectivity index (χ1) is 11.0. The number of nitrogens with zero attached hydrogens (tertiary/aromatic N) is 3. The highest BCUT2D eigenvalue weighted by Gasteiger charge is 2.23. The summed E-state index contributed by atoms with van der Waals surface area (Å²) >= 11 is 0. The van der Waals surface area contributed by atoms with E-state index in [-0.39, 0.29) is 11.3 Å². The SMILES string of the molecule is Cc1cc(=O)cc(C(=O)N(C)Cc2noc3c2CCCC3)n1C. The maximum Gasteiger partial charge on any atom is 0.270 e. The standard InChI is InChI=1S/C17H21N3O3/c1-11-8-12(21)9-15(20(11)3)17(22)19(2)10-14-13-6-4-5-7-16(13)23-18-14/h8-9H,4-7,10H2,1-3H3. The van der Waals surface area contributed by atoms with Crippen molar-refractivity contribution in [2.24, 2.45) is 7.05 Å². The maximum absolute atomic E-state index is 12.7. The van der Waals surface area contributed by atoms with Crippen LogP contribution in [0, 0.1) is 6.92 Å². The van der Waals surface area contributed by atoms with Gasteiger partial charge in [0, 0.05) is 43.9 Å². The van der Waals surface area contributed by atoms with E-state index in [9.17, 15) is 9.59 Å². The van der Waals surface area contributed by atoms with E-state index in [4.69, 9.17) is 4.52 Å². The van der Waals surface area contributed by atoms with Crippen molar-refractivity contribution < 1.29 is 9.32 Å². The molecule has 2 heterocycles. The first-order valence-corrected chi connectivity index (χ1v) is 7.87. The third kappa shape index (κ3) is 2.93. The molecule has 0 N–H and O–H groups in total. The molecule has 1 aliphatic carbocycles. The number of carbonyl (C=O) groups is 1. The van der Waals surface area contributed by atoms with Gasteiger partial charge in [-0.3, -0.25) is 9.59 Å². The smallest absolute Gasteiger partial charge is 0.270 e. The lowest BCUT2D eigenvalue weighted by molar-refractivity contribution is 0.0771. The Balaban J connectivity index is 1.84. The number of rotatable bonds is 3. The number of fused-ring (bicyclic) bond motifs is 1. The number of carbonyl (C=O) groups excluding carboxylic acids is 1. The van der Waals surface area contributed by atoms with Crippen LogP contribution in [0.25, 0.3) is 0 Å². The molecule has 23 heavy (non-hydrogen) atoms. The van der Waals surface area contributed by atoms with Gasteiger partial charge in [0.05, 0.1) is 6.54 Å². The molecule has 2 aromatic heterocycles. The van der Waals surface area contributed by atoms with Gasteiger partial charge in [-0.1, -0.05) is 5.16 Å². The molecule has 6 nitrogen and oxygen atoms in total. The Labute approximate surface area is 134 Å². The van der Waals surface area contributed by atoms with Gasteiger partial charge < -0.3 is 14.0 Å². The molecular formula is C17H21N3O3. The van der Waals surface area contributed by atoms with Gasteiger partial charge in [0.25, 0.3) is 5.91 Å². The molecule has 1 amide bonds. The highest BCUT2D eigenvalue weighted by atomic mass is 16.5. The Hall–Kier alpha value is -2.37. The first-order valence-electron chi connectivity index (χ1n) is 7.87. The van der Waals surface area contributed by atoms with Crippen LogP contribution in [0.1, 0.15) is 46.0 Å². The first kappa shape index (κ1) is 15.5. The van der Waals surface area contributed by atoms with Crippen LogP contribution in [-0.4, -0.2) is 27.6 Å². The summed E-state index contributed by atoms with van der Waals surface area (Å²) in [5.41, 5.74) is 2.96. The minimum atomic E-state index is -0.194. The summed E-state index contributed by atoms with van der Waals surface area (Å²) in [7, 11) is 3.51. The lowest BCUT2D eigenvalue weighted by atomic mass is 9.96. The average Bonchev–Trinajstić information content (AvgIpc) is 2.93. The predicted octanol–water partition coefficient (Wildman–Crippen LogP) is 1.83. The molecule has 3 rings (SSSR count). The molecule has 0 saturated heterocycles. The van der Waals surface area contributed by atoms with E-state index in [1.807, 2.05) is 6.92 Å². The summed E-state index contributed by atoms with van der Waals surface area (Å²) in [5.74, 6) is 0.760. The monoisotopic (exact) mass is 315 g/mol. The Morgan fingerprint density at radius 3 is 2.87 bits per heavy atom. The van der Waals surface area contributed by atoms with E-state index in [2.05, 4.69) is 5.16 Å². The molecule has 0 spiro atoms. The van der Waals surface area contributed by atoms with Crippen LogP contribution in [0.5, 0.6) is 0 Å². The van der Waals surface area contributed by atoms with Crippen molar-refractivity contribution in [1.29, 1.82) is 0 Å². The summed E-state index contributed by atoms with van der Waals surface area (Å²) in [5, 5.41) is 4.13. The highest BCUT2D eigenvalue weighted by Crippen LogP contribution is 2.25. The summed E-state index contributed by atoms with van der Waals surface area (Å²) in [6, 6.07) is 2.90. The lowest BCUT2D eigenvalue weighted by Gasteiger charge is -2.19. The van der Waals surface area contributed by atoms with E-state index in [0.29, 0.717) is 12.2 Å². The molecule has 0 atom stereocenters. The predicted molar refractivity (Wildman–Crippen MR) is 85.4 cm³/mol. The van der Waals surface area contributed by atoms with Gasteiger partial charge in [-0.05, 0) is 26.2 Å². The van der Waals surface area contributed by atoms with Gasteiger partial charge in [-0.2, -0.15) is 0 Å². The van der Waals surface area contributed by atoms with E-state index in [1.165, 1.54) is 12.1 Å². The van der Waals surface area contributed by atoms with Crippen LogP contribution in [0.15, 0.2) is 21.5 Å². The summed E-state index contributed by atoms with van der Waals surface area (Å²) in [4.78, 5) is 25.9. The molecule has 2 aromatic rings. The van der Waals surface area contributed by atoms with Crippen LogP contribution >= 0.6 is 0 Å². The third-order valence-corrected chi connectivity index (χ3v) is 4.50. The molecule has 0 aromatic carbocycles. The van der Waals surface area contributed by atoms with Gasteiger partial charge in [0.1, 0.15) is 17.1 Å². The summed E-state index contributed by atoms with van der Waals surface area (Å²) in [6.07, 6.45) is 4.14. The normalized spacial score (nSPS) is 13.7. The molecule has 122 valence electrons. The van der Waals surface area contributed by atoms with Crippen molar-refractivity contribution in [1.82, 2.24) is 14.6 Å². The minimum absolute atomic E-state index is 0.156. The van der Waals surface area contributed by atoms with Crippen molar-refractivity contribution in [3.63, 3.8) is 0 Å². The quantitative estimate of drug-likeness (QED) is 0.866. The van der Waals surface area contributed by atoms with E-state index >= 15 is 0 Å². The lowest BCUT2D eigenvalue weighted by Crippen LogP contribution is -2.31. The molecule has 1 aliphatic rings. The van der Waals surface area contributed by atoms with Crippen LogP contribution in [-0.2, 0) is 26.4 Å². The number of aryl methyl sites for hydroxylation is 2. The van der Waals surface area contributed by atoms with Crippen molar-refractivity contribution in [3.05, 3.63) is 50.8 Å². The van der Waals surface area contributed by atoms with Gasteiger partial charge in [0.2, 0.25) is 0 Å². The second-order valence-electron chi connectivity index (χ2n) is 6.18. The molecule has 0 radical (unpaired) electrons. The second-order valence-corrected chi connectivity index (χ2v) is 6.18. The third-order valence-electron chi connectivity index (χ3n) is 4.50. The van der Waals surface area contributed by atoms with Gasteiger partial charge in [-0.15, -0.1) is 0 Å². The van der Waals surface area contributed by atoms with Crippen LogP contribution in [0.4, 0.5) is 0 Å². The van der Waals surface area contributed by atoms with E-state index in [0.717, 1.165) is 48.4 Å². The Kier molecular flexibility index (Phi) is 4.07. The zero-order valence-corrected chi connectivity index (χ0v) is 13.8. The second kappa shape index (κ2) is 6.02. The van der Waals surface area contributed by atoms with Crippen molar-refractivity contribution in [2.75, 3.05) is 7.05 Å². The van der Waals surface area contributed by atoms with Gasteiger partial charge in [0.15, 0.2) is 5.43 Å². The Bertz CT molecular complexity index is 804. The van der Waals surface area contributed by atoms with Crippen molar-refractivity contribution in [3.8, 4) is 0 Å². The molecule has 0 saturated carbocycles. The summed E-state index contributed by atoms with van der Waals surface area (Å²) in [6.45, 7) is 2.20. The van der Waals surface area contributed by atoms with Crippen LogP contribution in [0.3, 0.4) is 0 Å². The molecule has 0 unspecified atom stereocenters. The van der Waals surface area contributed by atoms with Crippen molar-refractivity contribution in [2.45, 2.75) is 39.2 Å². The zero-order chi connectivity index (χ0) is 16.6. The minimum Gasteiger partial charge on any atom is -0.361 e. The van der Waals surface area contributed by atoms with Crippen LogP contribution < -0.4 is 5.43 Å². The number of amides is 1. The largest absolute Gasteiger partial charge is 0.361 e. The molecule has 0 bridgehead atoms. The fourth-order valence-electron chi connectivity index (χ4n) is 3.04.